The molecule has 0 atom stereocenters. The van der Waals surface area contributed by atoms with E-state index in [9.17, 15) is 4.79 Å². The fourth-order valence-electron chi connectivity index (χ4n) is 2.51. The second kappa shape index (κ2) is 7.01. The highest BCUT2D eigenvalue weighted by Crippen LogP contribution is 2.24. The van der Waals surface area contributed by atoms with Gasteiger partial charge in [-0.05, 0) is 30.7 Å². The molecule has 4 heteroatoms. The van der Waals surface area contributed by atoms with Crippen molar-refractivity contribution in [1.29, 1.82) is 0 Å². The largest absolute Gasteiger partial charge is 0.352 e. The van der Waals surface area contributed by atoms with Crippen molar-refractivity contribution in [2.45, 2.75) is 19.8 Å². The number of hydrogen-bond donors (Lipinski definition) is 1. The fraction of sp³-hybridized carbons (Fsp3) is 0.211. The Kier molecular flexibility index (Phi) is 4.62. The first-order valence-corrected chi connectivity index (χ1v) is 7.88. The van der Waals surface area contributed by atoms with Crippen LogP contribution >= 0.6 is 0 Å². The zero-order valence-electron chi connectivity index (χ0n) is 13.1. The molecular weight excluding hydrogens is 286 g/mol. The molecule has 2 heterocycles. The van der Waals surface area contributed by atoms with E-state index < -0.39 is 0 Å². The van der Waals surface area contributed by atoms with Gasteiger partial charge in [-0.2, -0.15) is 0 Å². The Bertz CT molecular complexity index is 815. The van der Waals surface area contributed by atoms with E-state index in [-0.39, 0.29) is 5.91 Å². The first-order chi connectivity index (χ1) is 11.3. The van der Waals surface area contributed by atoms with Gasteiger partial charge in [0.2, 0.25) is 0 Å². The Morgan fingerprint density at radius 2 is 1.91 bits per heavy atom. The molecule has 0 aliphatic heterocycles. The summed E-state index contributed by atoms with van der Waals surface area (Å²) >= 11 is 0. The highest BCUT2D eigenvalue weighted by atomic mass is 16.1. The van der Waals surface area contributed by atoms with Crippen LogP contribution in [0.15, 0.2) is 54.9 Å². The van der Waals surface area contributed by atoms with Gasteiger partial charge in [0.15, 0.2) is 0 Å². The number of nitrogens with one attached hydrogen (secondary N) is 1. The van der Waals surface area contributed by atoms with Gasteiger partial charge in [-0.1, -0.05) is 31.5 Å². The molecule has 0 fully saturated rings. The van der Waals surface area contributed by atoms with Gasteiger partial charge in [-0.25, -0.2) is 4.98 Å². The molecule has 0 spiro atoms. The van der Waals surface area contributed by atoms with E-state index in [2.05, 4.69) is 22.2 Å². The SMILES string of the molecule is CCCCNC(=O)c1cc(-c2ccncc2)nc2ccccc12. The van der Waals surface area contributed by atoms with Gasteiger partial charge in [0.25, 0.3) is 5.91 Å². The lowest BCUT2D eigenvalue weighted by atomic mass is 10.0. The van der Waals surface area contributed by atoms with Crippen molar-refractivity contribution in [3.05, 3.63) is 60.4 Å². The molecule has 1 amide bonds. The van der Waals surface area contributed by atoms with Crippen molar-refractivity contribution in [2.75, 3.05) is 6.54 Å². The van der Waals surface area contributed by atoms with Gasteiger partial charge < -0.3 is 5.32 Å². The number of benzene rings is 1. The maximum Gasteiger partial charge on any atom is 0.252 e. The van der Waals surface area contributed by atoms with Crippen LogP contribution in [0.1, 0.15) is 30.1 Å². The lowest BCUT2D eigenvalue weighted by Gasteiger charge is -2.10. The average molecular weight is 305 g/mol. The monoisotopic (exact) mass is 305 g/mol. The van der Waals surface area contributed by atoms with E-state index in [0.29, 0.717) is 12.1 Å². The molecule has 4 nitrogen and oxygen atoms in total. The Balaban J connectivity index is 2.06. The van der Waals surface area contributed by atoms with Gasteiger partial charge in [0, 0.05) is 29.9 Å². The molecule has 1 aromatic carbocycles. The number of para-hydroxylation sites is 1. The molecule has 3 aromatic rings. The van der Waals surface area contributed by atoms with E-state index in [4.69, 9.17) is 0 Å². The van der Waals surface area contributed by atoms with Crippen LogP contribution in [0.5, 0.6) is 0 Å². The van der Waals surface area contributed by atoms with Crippen LogP contribution in [0.4, 0.5) is 0 Å². The molecule has 0 saturated carbocycles. The maximum absolute atomic E-state index is 12.6. The third kappa shape index (κ3) is 3.37. The summed E-state index contributed by atoms with van der Waals surface area (Å²) in [6, 6.07) is 13.4. The van der Waals surface area contributed by atoms with Crippen molar-refractivity contribution in [2.24, 2.45) is 0 Å². The number of nitrogens with zero attached hydrogens (tertiary/aromatic N) is 2. The molecule has 0 saturated heterocycles. The Hall–Kier alpha value is -2.75. The topological polar surface area (TPSA) is 54.9 Å². The van der Waals surface area contributed by atoms with E-state index in [0.717, 1.165) is 35.0 Å². The van der Waals surface area contributed by atoms with Crippen LogP contribution in [-0.2, 0) is 0 Å². The van der Waals surface area contributed by atoms with E-state index in [1.807, 2.05) is 42.5 Å². The van der Waals surface area contributed by atoms with Crippen LogP contribution in [0.25, 0.3) is 22.2 Å². The van der Waals surface area contributed by atoms with Crippen molar-refractivity contribution in [1.82, 2.24) is 15.3 Å². The van der Waals surface area contributed by atoms with Gasteiger partial charge in [-0.3, -0.25) is 9.78 Å². The number of unbranched alkanes of at least 4 members (excludes halogenated alkanes) is 1. The Morgan fingerprint density at radius 3 is 2.70 bits per heavy atom. The number of rotatable bonds is 5. The van der Waals surface area contributed by atoms with Crippen LogP contribution in [0, 0.1) is 0 Å². The molecule has 2 aromatic heterocycles. The normalized spacial score (nSPS) is 10.7. The third-order valence-corrected chi connectivity index (χ3v) is 3.75. The van der Waals surface area contributed by atoms with Crippen LogP contribution in [0.3, 0.4) is 0 Å². The number of carbonyl (C=O) groups excluding carboxylic acids is 1. The summed E-state index contributed by atoms with van der Waals surface area (Å²) in [7, 11) is 0. The van der Waals surface area contributed by atoms with Crippen molar-refractivity contribution >= 4 is 16.8 Å². The quantitative estimate of drug-likeness (QED) is 0.729. The zero-order chi connectivity index (χ0) is 16.1. The Morgan fingerprint density at radius 1 is 1.13 bits per heavy atom. The summed E-state index contributed by atoms with van der Waals surface area (Å²) in [5.41, 5.74) is 3.22. The van der Waals surface area contributed by atoms with Crippen LogP contribution in [-0.4, -0.2) is 22.4 Å². The number of fused-ring (bicyclic) bond motifs is 1. The second-order valence-electron chi connectivity index (χ2n) is 5.42. The highest BCUT2D eigenvalue weighted by molar-refractivity contribution is 6.07. The highest BCUT2D eigenvalue weighted by Gasteiger charge is 2.13. The van der Waals surface area contributed by atoms with E-state index in [1.54, 1.807) is 12.4 Å². The van der Waals surface area contributed by atoms with Crippen molar-refractivity contribution < 1.29 is 4.79 Å². The number of hydrogen-bond acceptors (Lipinski definition) is 3. The van der Waals surface area contributed by atoms with Crippen LogP contribution in [0.2, 0.25) is 0 Å². The summed E-state index contributed by atoms with van der Waals surface area (Å²) < 4.78 is 0. The van der Waals surface area contributed by atoms with Gasteiger partial charge in [0.05, 0.1) is 16.8 Å². The predicted octanol–water partition coefficient (Wildman–Crippen LogP) is 3.83. The summed E-state index contributed by atoms with van der Waals surface area (Å²) in [5, 5.41) is 3.87. The maximum atomic E-state index is 12.6. The van der Waals surface area contributed by atoms with Crippen LogP contribution < -0.4 is 5.32 Å². The fourth-order valence-corrected chi connectivity index (χ4v) is 2.51. The molecule has 0 aliphatic carbocycles. The first-order valence-electron chi connectivity index (χ1n) is 7.88. The smallest absolute Gasteiger partial charge is 0.252 e. The van der Waals surface area contributed by atoms with E-state index in [1.165, 1.54) is 0 Å². The van der Waals surface area contributed by atoms with Crippen molar-refractivity contribution in [3.8, 4) is 11.3 Å². The van der Waals surface area contributed by atoms with E-state index >= 15 is 0 Å². The summed E-state index contributed by atoms with van der Waals surface area (Å²) in [6.45, 7) is 2.80. The molecule has 0 aliphatic rings. The lowest BCUT2D eigenvalue weighted by molar-refractivity contribution is 0.0955. The molecule has 0 bridgehead atoms. The first kappa shape index (κ1) is 15.2. The minimum atomic E-state index is -0.0487. The lowest BCUT2D eigenvalue weighted by Crippen LogP contribution is -2.24. The minimum absolute atomic E-state index is 0.0487. The summed E-state index contributed by atoms with van der Waals surface area (Å²) in [5.74, 6) is -0.0487. The Labute approximate surface area is 135 Å². The number of carbonyl (C=O) groups is 1. The molecular formula is C19H19N3O. The number of pyridine rings is 2. The zero-order valence-corrected chi connectivity index (χ0v) is 13.1. The van der Waals surface area contributed by atoms with Gasteiger partial charge in [-0.15, -0.1) is 0 Å². The third-order valence-electron chi connectivity index (χ3n) is 3.75. The molecule has 1 N–H and O–H groups in total. The predicted molar refractivity (Wildman–Crippen MR) is 92.2 cm³/mol. The summed E-state index contributed by atoms with van der Waals surface area (Å²) in [6.07, 6.45) is 5.49. The summed E-state index contributed by atoms with van der Waals surface area (Å²) in [4.78, 5) is 21.3. The molecule has 0 unspecified atom stereocenters. The standard InChI is InChI=1S/C19H19N3O/c1-2-3-10-21-19(23)16-13-18(14-8-11-20-12-9-14)22-17-7-5-4-6-15(16)17/h4-9,11-13H,2-3,10H2,1H3,(H,21,23). The van der Waals surface area contributed by atoms with Gasteiger partial charge in [0.1, 0.15) is 0 Å². The number of amides is 1. The average Bonchev–Trinajstić information content (AvgIpc) is 2.61. The second-order valence-corrected chi connectivity index (χ2v) is 5.42. The van der Waals surface area contributed by atoms with Gasteiger partial charge >= 0.3 is 0 Å². The number of aromatic nitrogens is 2. The molecule has 3 rings (SSSR count). The minimum Gasteiger partial charge on any atom is -0.352 e. The molecule has 0 radical (unpaired) electrons. The molecule has 116 valence electrons. The van der Waals surface area contributed by atoms with Crippen molar-refractivity contribution in [3.63, 3.8) is 0 Å². The molecule has 23 heavy (non-hydrogen) atoms.